The van der Waals surface area contributed by atoms with Crippen molar-refractivity contribution in [2.24, 2.45) is 5.73 Å². The van der Waals surface area contributed by atoms with Gasteiger partial charge in [-0.1, -0.05) is 0 Å². The quantitative estimate of drug-likeness (QED) is 0.904. The Labute approximate surface area is 105 Å². The van der Waals surface area contributed by atoms with E-state index in [4.69, 9.17) is 15.2 Å². The molecule has 0 unspecified atom stereocenters. The lowest BCUT2D eigenvalue weighted by atomic mass is 10.1. The summed E-state index contributed by atoms with van der Waals surface area (Å²) in [6, 6.07) is 3.85. The van der Waals surface area contributed by atoms with Gasteiger partial charge in [-0.15, -0.1) is 0 Å². The molecule has 0 aromatic heterocycles. The van der Waals surface area contributed by atoms with Crippen molar-refractivity contribution in [3.8, 4) is 11.5 Å². The molecule has 3 nitrogen and oxygen atoms in total. The van der Waals surface area contributed by atoms with Crippen LogP contribution in [0.1, 0.15) is 32.4 Å². The maximum atomic E-state index is 5.87. The summed E-state index contributed by atoms with van der Waals surface area (Å²) in [6.07, 6.45) is 0. The minimum absolute atomic E-state index is 0.0356. The van der Waals surface area contributed by atoms with Crippen molar-refractivity contribution in [3.05, 3.63) is 22.2 Å². The molecule has 0 bridgehead atoms. The lowest BCUT2D eigenvalue weighted by molar-refractivity contribution is 0.318. The summed E-state index contributed by atoms with van der Waals surface area (Å²) in [6.45, 7) is 7.07. The normalized spacial score (nSPS) is 12.3. The fraction of sp³-hybridized carbons (Fsp3) is 0.500. The largest absolute Gasteiger partial charge is 0.493 e. The average molecular weight is 288 g/mol. The van der Waals surface area contributed by atoms with E-state index in [0.717, 1.165) is 21.5 Å². The Morgan fingerprint density at radius 2 is 1.62 bits per heavy atom. The lowest BCUT2D eigenvalue weighted by Gasteiger charge is -2.15. The van der Waals surface area contributed by atoms with E-state index in [1.807, 2.05) is 32.9 Å². The average Bonchev–Trinajstić information content (AvgIpc) is 2.24. The second-order valence-electron chi connectivity index (χ2n) is 3.49. The van der Waals surface area contributed by atoms with Gasteiger partial charge in [-0.3, -0.25) is 0 Å². The monoisotopic (exact) mass is 287 g/mol. The molecule has 0 radical (unpaired) electrons. The highest BCUT2D eigenvalue weighted by molar-refractivity contribution is 9.10. The van der Waals surface area contributed by atoms with Gasteiger partial charge >= 0.3 is 0 Å². The molecule has 4 heteroatoms. The van der Waals surface area contributed by atoms with E-state index in [1.54, 1.807) is 0 Å². The standard InChI is InChI=1S/C12H18BrNO2/c1-4-15-10-6-9(8(3)14)7-11(12(10)13)16-5-2/h6-8H,4-5,14H2,1-3H3/t8-/m0/s1. The molecule has 1 aromatic carbocycles. The first kappa shape index (κ1) is 13.3. The Bertz CT molecular complexity index is 326. The van der Waals surface area contributed by atoms with E-state index in [-0.39, 0.29) is 6.04 Å². The number of halogens is 1. The van der Waals surface area contributed by atoms with Crippen molar-refractivity contribution in [1.82, 2.24) is 0 Å². The first-order valence-electron chi connectivity index (χ1n) is 5.44. The summed E-state index contributed by atoms with van der Waals surface area (Å²) >= 11 is 3.48. The van der Waals surface area contributed by atoms with Crippen LogP contribution in [0.3, 0.4) is 0 Å². The second kappa shape index (κ2) is 6.11. The Morgan fingerprint density at radius 1 is 1.19 bits per heavy atom. The molecule has 0 saturated carbocycles. The molecule has 1 rings (SSSR count). The van der Waals surface area contributed by atoms with E-state index in [2.05, 4.69) is 15.9 Å². The van der Waals surface area contributed by atoms with Crippen LogP contribution in [0, 0.1) is 0 Å². The molecular weight excluding hydrogens is 270 g/mol. The highest BCUT2D eigenvalue weighted by atomic mass is 79.9. The van der Waals surface area contributed by atoms with Crippen LogP contribution in [-0.4, -0.2) is 13.2 Å². The fourth-order valence-electron chi connectivity index (χ4n) is 1.38. The molecule has 16 heavy (non-hydrogen) atoms. The van der Waals surface area contributed by atoms with Gasteiger partial charge in [-0.05, 0) is 54.4 Å². The smallest absolute Gasteiger partial charge is 0.137 e. The van der Waals surface area contributed by atoms with Gasteiger partial charge in [0.05, 0.1) is 13.2 Å². The molecule has 0 aliphatic carbocycles. The summed E-state index contributed by atoms with van der Waals surface area (Å²) in [5.74, 6) is 1.56. The van der Waals surface area contributed by atoms with E-state index < -0.39 is 0 Å². The van der Waals surface area contributed by atoms with Crippen LogP contribution in [0.4, 0.5) is 0 Å². The molecule has 1 aromatic rings. The van der Waals surface area contributed by atoms with Crippen molar-refractivity contribution in [3.63, 3.8) is 0 Å². The minimum atomic E-state index is -0.0356. The zero-order chi connectivity index (χ0) is 12.1. The SMILES string of the molecule is CCOc1cc([C@H](C)N)cc(OCC)c1Br. The molecule has 2 N–H and O–H groups in total. The summed E-state index contributed by atoms with van der Waals surface area (Å²) in [5, 5.41) is 0. The summed E-state index contributed by atoms with van der Waals surface area (Å²) in [4.78, 5) is 0. The van der Waals surface area contributed by atoms with Crippen LogP contribution in [0.2, 0.25) is 0 Å². The van der Waals surface area contributed by atoms with Gasteiger partial charge in [0.15, 0.2) is 0 Å². The van der Waals surface area contributed by atoms with Gasteiger partial charge in [-0.2, -0.15) is 0 Å². The van der Waals surface area contributed by atoms with Gasteiger partial charge in [0.25, 0.3) is 0 Å². The molecule has 0 spiro atoms. The number of hydrogen-bond acceptors (Lipinski definition) is 3. The third kappa shape index (κ3) is 3.12. The molecule has 0 aliphatic rings. The van der Waals surface area contributed by atoms with Gasteiger partial charge < -0.3 is 15.2 Å². The number of rotatable bonds is 5. The van der Waals surface area contributed by atoms with E-state index in [9.17, 15) is 0 Å². The van der Waals surface area contributed by atoms with Crippen LogP contribution in [0.25, 0.3) is 0 Å². The first-order chi connectivity index (χ1) is 7.60. The fourth-order valence-corrected chi connectivity index (χ4v) is 1.83. The van der Waals surface area contributed by atoms with Crippen LogP contribution in [0.15, 0.2) is 16.6 Å². The maximum Gasteiger partial charge on any atom is 0.137 e. The topological polar surface area (TPSA) is 44.5 Å². The highest BCUT2D eigenvalue weighted by Gasteiger charge is 2.12. The van der Waals surface area contributed by atoms with Gasteiger partial charge in [0.1, 0.15) is 16.0 Å². The van der Waals surface area contributed by atoms with Crippen molar-refractivity contribution < 1.29 is 9.47 Å². The zero-order valence-corrected chi connectivity index (χ0v) is 11.5. The molecule has 0 heterocycles. The van der Waals surface area contributed by atoms with Crippen molar-refractivity contribution in [1.29, 1.82) is 0 Å². The summed E-state index contributed by atoms with van der Waals surface area (Å²) in [7, 11) is 0. The van der Waals surface area contributed by atoms with Crippen LogP contribution >= 0.6 is 15.9 Å². The van der Waals surface area contributed by atoms with E-state index in [1.165, 1.54) is 0 Å². The number of hydrogen-bond donors (Lipinski definition) is 1. The van der Waals surface area contributed by atoms with Crippen molar-refractivity contribution >= 4 is 15.9 Å². The lowest BCUT2D eigenvalue weighted by Crippen LogP contribution is -2.07. The molecule has 0 fully saturated rings. The number of nitrogens with two attached hydrogens (primary N) is 1. The predicted molar refractivity (Wildman–Crippen MR) is 69.1 cm³/mol. The van der Waals surface area contributed by atoms with Crippen LogP contribution in [0.5, 0.6) is 11.5 Å². The van der Waals surface area contributed by atoms with Crippen molar-refractivity contribution in [2.45, 2.75) is 26.8 Å². The molecule has 1 atom stereocenters. The second-order valence-corrected chi connectivity index (χ2v) is 4.28. The van der Waals surface area contributed by atoms with Gasteiger partial charge in [-0.25, -0.2) is 0 Å². The molecule has 0 saturated heterocycles. The maximum absolute atomic E-state index is 5.87. The molecule has 0 aliphatic heterocycles. The molecular formula is C12H18BrNO2. The van der Waals surface area contributed by atoms with Crippen LogP contribution < -0.4 is 15.2 Å². The Kier molecular flexibility index (Phi) is 5.09. The Balaban J connectivity index is 3.16. The minimum Gasteiger partial charge on any atom is -0.493 e. The van der Waals surface area contributed by atoms with Gasteiger partial charge in [0, 0.05) is 6.04 Å². The third-order valence-electron chi connectivity index (χ3n) is 2.15. The predicted octanol–water partition coefficient (Wildman–Crippen LogP) is 3.27. The number of benzene rings is 1. The number of ether oxygens (including phenoxy) is 2. The Hall–Kier alpha value is -0.740. The highest BCUT2D eigenvalue weighted by Crippen LogP contribution is 2.37. The van der Waals surface area contributed by atoms with E-state index in [0.29, 0.717) is 13.2 Å². The molecule has 90 valence electrons. The van der Waals surface area contributed by atoms with Crippen molar-refractivity contribution in [2.75, 3.05) is 13.2 Å². The van der Waals surface area contributed by atoms with Crippen LogP contribution in [-0.2, 0) is 0 Å². The summed E-state index contributed by atoms with van der Waals surface area (Å²) < 4.78 is 11.9. The summed E-state index contributed by atoms with van der Waals surface area (Å²) in [5.41, 5.74) is 6.88. The Morgan fingerprint density at radius 3 is 1.94 bits per heavy atom. The van der Waals surface area contributed by atoms with E-state index >= 15 is 0 Å². The third-order valence-corrected chi connectivity index (χ3v) is 2.94. The zero-order valence-electron chi connectivity index (χ0n) is 9.92. The first-order valence-corrected chi connectivity index (χ1v) is 6.24. The van der Waals surface area contributed by atoms with Gasteiger partial charge in [0.2, 0.25) is 0 Å². The molecule has 0 amide bonds.